The summed E-state index contributed by atoms with van der Waals surface area (Å²) in [5.74, 6) is -3.00. The van der Waals surface area contributed by atoms with Gasteiger partial charge in [-0.1, -0.05) is 30.3 Å². The minimum atomic E-state index is -3.00. The molecule has 0 bridgehead atoms. The van der Waals surface area contributed by atoms with Crippen LogP contribution in [0, 0.1) is 0 Å². The van der Waals surface area contributed by atoms with E-state index < -0.39 is 33.8 Å². The Balaban J connectivity index is 1.75. The molecule has 1 aliphatic heterocycles. The molecular formula is C20H31F2NO3S. The molecule has 0 aliphatic carbocycles. The molecule has 0 amide bonds. The topological polar surface area (TPSA) is 47.6 Å². The number of hydrogen-bond acceptors (Lipinski definition) is 3. The van der Waals surface area contributed by atoms with E-state index in [4.69, 9.17) is 9.47 Å². The van der Waals surface area contributed by atoms with Gasteiger partial charge in [0.1, 0.15) is 0 Å². The van der Waals surface area contributed by atoms with Gasteiger partial charge >= 0.3 is 0 Å². The third-order valence-corrected chi connectivity index (χ3v) is 6.31. The highest BCUT2D eigenvalue weighted by atomic mass is 32.2. The third kappa shape index (κ3) is 7.22. The lowest BCUT2D eigenvalue weighted by molar-refractivity contribution is -0.129. The van der Waals surface area contributed by atoms with Crippen LogP contribution in [0.3, 0.4) is 0 Å². The maximum atomic E-state index is 14.5. The van der Waals surface area contributed by atoms with Crippen LogP contribution in [0.15, 0.2) is 30.3 Å². The van der Waals surface area contributed by atoms with Crippen LogP contribution in [-0.2, 0) is 27.1 Å². The minimum absolute atomic E-state index is 0.0704. The Morgan fingerprint density at radius 2 is 1.93 bits per heavy atom. The van der Waals surface area contributed by atoms with Gasteiger partial charge < -0.3 is 9.47 Å². The maximum Gasteiger partial charge on any atom is 0.266 e. The van der Waals surface area contributed by atoms with E-state index in [0.29, 0.717) is 26.1 Å². The van der Waals surface area contributed by atoms with Gasteiger partial charge in [-0.05, 0) is 46.1 Å². The molecule has 154 valence electrons. The molecule has 27 heavy (non-hydrogen) atoms. The zero-order chi connectivity index (χ0) is 20.1. The lowest BCUT2D eigenvalue weighted by Gasteiger charge is -2.33. The predicted octanol–water partition coefficient (Wildman–Crippen LogP) is 4.22. The Morgan fingerprint density at radius 3 is 2.48 bits per heavy atom. The number of alkyl halides is 2. The molecule has 0 aromatic heterocycles. The molecule has 0 radical (unpaired) electrons. The molecule has 1 saturated heterocycles. The molecule has 0 saturated carbocycles. The fourth-order valence-corrected chi connectivity index (χ4v) is 3.61. The highest BCUT2D eigenvalue weighted by molar-refractivity contribution is 7.84. The van der Waals surface area contributed by atoms with Crippen molar-refractivity contribution in [2.24, 2.45) is 0 Å². The Morgan fingerprint density at radius 1 is 1.26 bits per heavy atom. The van der Waals surface area contributed by atoms with Crippen molar-refractivity contribution >= 4 is 11.0 Å². The van der Waals surface area contributed by atoms with Crippen LogP contribution >= 0.6 is 0 Å². The average Bonchev–Trinajstić information content (AvgIpc) is 2.61. The third-order valence-electron chi connectivity index (χ3n) is 4.63. The van der Waals surface area contributed by atoms with E-state index >= 15 is 0 Å². The Kier molecular flexibility index (Phi) is 7.92. The van der Waals surface area contributed by atoms with Gasteiger partial charge in [0.2, 0.25) is 0 Å². The summed E-state index contributed by atoms with van der Waals surface area (Å²) < 4.78 is 54.5. The van der Waals surface area contributed by atoms with Crippen LogP contribution in [0.1, 0.15) is 52.5 Å². The second-order valence-electron chi connectivity index (χ2n) is 8.14. The summed E-state index contributed by atoms with van der Waals surface area (Å²) in [5.41, 5.74) is 1.08. The summed E-state index contributed by atoms with van der Waals surface area (Å²) in [6.45, 7) is 7.44. The zero-order valence-corrected chi connectivity index (χ0v) is 17.4. The second kappa shape index (κ2) is 9.54. The van der Waals surface area contributed by atoms with E-state index in [-0.39, 0.29) is 12.5 Å². The molecular weight excluding hydrogens is 372 g/mol. The van der Waals surface area contributed by atoms with Gasteiger partial charge in [-0.2, -0.15) is 0 Å². The molecule has 7 heteroatoms. The van der Waals surface area contributed by atoms with E-state index in [1.54, 1.807) is 20.8 Å². The molecule has 1 heterocycles. The van der Waals surface area contributed by atoms with E-state index in [1.807, 2.05) is 30.3 Å². The van der Waals surface area contributed by atoms with Crippen molar-refractivity contribution in [1.29, 1.82) is 0 Å². The monoisotopic (exact) mass is 403 g/mol. The van der Waals surface area contributed by atoms with Crippen LogP contribution < -0.4 is 4.72 Å². The van der Waals surface area contributed by atoms with Gasteiger partial charge in [-0.15, -0.1) is 0 Å². The smallest absolute Gasteiger partial charge is 0.266 e. The number of benzene rings is 1. The quantitative estimate of drug-likeness (QED) is 0.707. The molecule has 1 aliphatic rings. The summed E-state index contributed by atoms with van der Waals surface area (Å²) in [6, 6.07) is 8.65. The standard InChI is InChI=1S/C20H31F2NO3S/c1-15(23-27(24)19(2,3)4)20(21,22)12-17-10-11-18(14-26-17)25-13-16-8-6-5-7-9-16/h5-9,15,17-18,23H,10-14H2,1-4H3/t15-,17+,18-,27?/m0/s1. The second-order valence-corrected chi connectivity index (χ2v) is 10.1. The molecule has 2 rings (SSSR count). The molecule has 1 unspecified atom stereocenters. The lowest BCUT2D eigenvalue weighted by atomic mass is 9.98. The van der Waals surface area contributed by atoms with Crippen LogP contribution in [0.2, 0.25) is 0 Å². The van der Waals surface area contributed by atoms with Crippen molar-refractivity contribution < 1.29 is 22.5 Å². The van der Waals surface area contributed by atoms with Crippen molar-refractivity contribution in [1.82, 2.24) is 4.72 Å². The lowest BCUT2D eigenvalue weighted by Crippen LogP contribution is -2.49. The fourth-order valence-electron chi connectivity index (χ4n) is 2.77. The Bertz CT molecular complexity index is 599. The van der Waals surface area contributed by atoms with Crippen molar-refractivity contribution in [3.63, 3.8) is 0 Å². The number of ether oxygens (including phenoxy) is 2. The maximum absolute atomic E-state index is 14.5. The molecule has 4 atom stereocenters. The zero-order valence-electron chi connectivity index (χ0n) is 16.5. The first-order valence-electron chi connectivity index (χ1n) is 9.41. The molecule has 1 N–H and O–H groups in total. The average molecular weight is 404 g/mol. The highest BCUT2D eigenvalue weighted by Gasteiger charge is 2.42. The van der Waals surface area contributed by atoms with Gasteiger partial charge in [0.05, 0.1) is 47.2 Å². The first-order valence-corrected chi connectivity index (χ1v) is 10.6. The van der Waals surface area contributed by atoms with Crippen molar-refractivity contribution in [2.45, 2.75) is 82.5 Å². The first-order chi connectivity index (χ1) is 12.6. The van der Waals surface area contributed by atoms with Crippen molar-refractivity contribution in [3.8, 4) is 0 Å². The molecule has 0 spiro atoms. The Hall–Kier alpha value is -0.890. The summed E-state index contributed by atoms with van der Waals surface area (Å²) in [5, 5.41) is 0. The van der Waals surface area contributed by atoms with E-state index in [1.165, 1.54) is 6.92 Å². The predicted molar refractivity (Wildman–Crippen MR) is 104 cm³/mol. The van der Waals surface area contributed by atoms with E-state index in [9.17, 15) is 13.0 Å². The summed E-state index contributed by atoms with van der Waals surface area (Å²) in [6.07, 6.45) is 0.268. The molecule has 1 fully saturated rings. The normalized spacial score (nSPS) is 23.8. The van der Waals surface area contributed by atoms with E-state index in [2.05, 4.69) is 4.72 Å². The Labute approximate surface area is 163 Å². The van der Waals surface area contributed by atoms with Crippen molar-refractivity contribution in [2.75, 3.05) is 6.61 Å². The van der Waals surface area contributed by atoms with Gasteiger partial charge in [0.15, 0.2) is 0 Å². The number of hydrogen-bond donors (Lipinski definition) is 1. The first kappa shape index (κ1) is 22.4. The van der Waals surface area contributed by atoms with Crippen LogP contribution in [0.25, 0.3) is 0 Å². The number of rotatable bonds is 8. The number of nitrogens with one attached hydrogen (secondary N) is 1. The molecule has 4 nitrogen and oxygen atoms in total. The van der Waals surface area contributed by atoms with Gasteiger partial charge in [0, 0.05) is 6.42 Å². The van der Waals surface area contributed by atoms with Crippen LogP contribution in [-0.4, -0.2) is 39.7 Å². The summed E-state index contributed by atoms with van der Waals surface area (Å²) >= 11 is 0. The summed E-state index contributed by atoms with van der Waals surface area (Å²) in [4.78, 5) is 0. The summed E-state index contributed by atoms with van der Waals surface area (Å²) in [7, 11) is -1.54. The fraction of sp³-hybridized carbons (Fsp3) is 0.700. The number of halogens is 2. The largest absolute Gasteiger partial charge is 0.375 e. The molecule has 1 aromatic rings. The van der Waals surface area contributed by atoms with Crippen LogP contribution in [0.5, 0.6) is 0 Å². The molecule has 1 aromatic carbocycles. The highest BCUT2D eigenvalue weighted by Crippen LogP contribution is 2.31. The minimum Gasteiger partial charge on any atom is -0.375 e. The van der Waals surface area contributed by atoms with Gasteiger partial charge in [-0.3, -0.25) is 0 Å². The van der Waals surface area contributed by atoms with E-state index in [0.717, 1.165) is 5.56 Å². The van der Waals surface area contributed by atoms with Crippen LogP contribution in [0.4, 0.5) is 8.78 Å². The SMILES string of the molecule is C[C@H](NS(=O)C(C)(C)C)C(F)(F)C[C@H]1CC[C@H](OCc2ccccc2)CO1. The van der Waals surface area contributed by atoms with Gasteiger partial charge in [-0.25, -0.2) is 17.7 Å². The van der Waals surface area contributed by atoms with Gasteiger partial charge in [0.25, 0.3) is 5.92 Å². The van der Waals surface area contributed by atoms with Crippen molar-refractivity contribution in [3.05, 3.63) is 35.9 Å².